The Hall–Kier alpha value is -2.77. The Morgan fingerprint density at radius 3 is 2.42 bits per heavy atom. The van der Waals surface area contributed by atoms with Crippen LogP contribution in [0.4, 0.5) is 5.95 Å². The van der Waals surface area contributed by atoms with Crippen LogP contribution in [0.1, 0.15) is 36.2 Å². The van der Waals surface area contributed by atoms with Gasteiger partial charge < -0.3 is 9.47 Å². The van der Waals surface area contributed by atoms with Crippen LogP contribution in [0.15, 0.2) is 48.7 Å². The fourth-order valence-electron chi connectivity index (χ4n) is 3.31. The average molecular weight is 570 g/mol. The summed E-state index contributed by atoms with van der Waals surface area (Å²) in [6, 6.07) is 14.7. The maximum atomic E-state index is 11.4. The summed E-state index contributed by atoms with van der Waals surface area (Å²) in [5.74, 6) is 0.822. The van der Waals surface area contributed by atoms with Gasteiger partial charge in [-0.2, -0.15) is 5.26 Å². The molecule has 0 spiro atoms. The smallest absolute Gasteiger partial charge is 0.236 e. The first-order chi connectivity index (χ1) is 16.9. The van der Waals surface area contributed by atoms with Gasteiger partial charge in [0.25, 0.3) is 0 Å². The van der Waals surface area contributed by atoms with Crippen molar-refractivity contribution >= 4 is 50.8 Å². The number of hydrogen-bond acceptors (Lipinski definition) is 7. The van der Waals surface area contributed by atoms with E-state index >= 15 is 0 Å². The topological polar surface area (TPSA) is 114 Å². The minimum atomic E-state index is -3.48. The number of aromatic nitrogens is 2. The molecule has 0 bridgehead atoms. The van der Waals surface area contributed by atoms with Crippen molar-refractivity contribution in [1.29, 1.82) is 5.26 Å². The van der Waals surface area contributed by atoms with E-state index in [1.807, 2.05) is 38.1 Å². The van der Waals surface area contributed by atoms with Crippen LogP contribution in [0.25, 0.3) is 0 Å². The monoisotopic (exact) mass is 568 g/mol. The molecule has 0 aliphatic rings. The van der Waals surface area contributed by atoms with Gasteiger partial charge in [-0.3, -0.25) is 4.72 Å². The summed E-state index contributed by atoms with van der Waals surface area (Å²) in [6.07, 6.45) is 2.47. The SMILES string of the molecule is CC(C)(c1ccc(OCc2ccnc(NS(C)(=O)=O)n2)cc1)c1cc(Cl)c(OCC(Cl)Cl)c(C#N)c1. The van der Waals surface area contributed by atoms with Crippen molar-refractivity contribution in [2.75, 3.05) is 17.6 Å². The number of ether oxygens (including phenoxy) is 2. The van der Waals surface area contributed by atoms with Gasteiger partial charge in [-0.15, -0.1) is 23.2 Å². The van der Waals surface area contributed by atoms with E-state index in [0.29, 0.717) is 16.5 Å². The molecule has 0 saturated carbocycles. The molecule has 0 saturated heterocycles. The number of alkyl halides is 2. The Labute approximate surface area is 225 Å². The first kappa shape index (κ1) is 27.8. The van der Waals surface area contributed by atoms with Crippen molar-refractivity contribution in [2.24, 2.45) is 0 Å². The van der Waals surface area contributed by atoms with Crippen molar-refractivity contribution in [3.05, 3.63) is 76.1 Å². The Balaban J connectivity index is 1.75. The third kappa shape index (κ3) is 7.37. The Morgan fingerprint density at radius 1 is 1.11 bits per heavy atom. The third-order valence-electron chi connectivity index (χ3n) is 5.19. The average Bonchev–Trinajstić information content (AvgIpc) is 2.80. The van der Waals surface area contributed by atoms with E-state index < -0.39 is 20.3 Å². The van der Waals surface area contributed by atoms with Crippen LogP contribution < -0.4 is 14.2 Å². The largest absolute Gasteiger partial charge is 0.488 e. The molecule has 12 heteroatoms. The highest BCUT2D eigenvalue weighted by Gasteiger charge is 2.26. The zero-order valence-electron chi connectivity index (χ0n) is 19.6. The molecule has 1 N–H and O–H groups in total. The summed E-state index contributed by atoms with van der Waals surface area (Å²) in [5, 5.41) is 9.91. The molecule has 1 heterocycles. The van der Waals surface area contributed by atoms with Crippen molar-refractivity contribution in [1.82, 2.24) is 9.97 Å². The second kappa shape index (κ2) is 11.5. The molecule has 0 amide bonds. The van der Waals surface area contributed by atoms with Crippen LogP contribution in [0.2, 0.25) is 5.02 Å². The number of halogens is 3. The predicted octanol–water partition coefficient (Wildman–Crippen LogP) is 5.46. The maximum absolute atomic E-state index is 11.4. The van der Waals surface area contributed by atoms with Crippen molar-refractivity contribution in [3.63, 3.8) is 0 Å². The lowest BCUT2D eigenvalue weighted by molar-refractivity contribution is 0.301. The summed E-state index contributed by atoms with van der Waals surface area (Å²) in [6.45, 7) is 4.16. The quantitative estimate of drug-likeness (QED) is 0.322. The molecule has 8 nitrogen and oxygen atoms in total. The van der Waals surface area contributed by atoms with Gasteiger partial charge in [0.2, 0.25) is 16.0 Å². The summed E-state index contributed by atoms with van der Waals surface area (Å²) < 4.78 is 36.3. The molecule has 0 aliphatic heterocycles. The molecular formula is C24H23Cl3N4O4S. The summed E-state index contributed by atoms with van der Waals surface area (Å²) >= 11 is 17.9. The van der Waals surface area contributed by atoms with Gasteiger partial charge in [0, 0.05) is 11.6 Å². The Morgan fingerprint density at radius 2 is 1.81 bits per heavy atom. The van der Waals surface area contributed by atoms with Crippen LogP contribution in [0.3, 0.4) is 0 Å². The number of benzene rings is 2. The number of nitriles is 1. The molecular weight excluding hydrogens is 547 g/mol. The lowest BCUT2D eigenvalue weighted by atomic mass is 9.77. The van der Waals surface area contributed by atoms with Gasteiger partial charge in [-0.25, -0.2) is 18.4 Å². The van der Waals surface area contributed by atoms with E-state index in [2.05, 4.69) is 20.8 Å². The standard InChI is InChI=1S/C24H23Cl3N4O4S/c1-24(2,17-10-15(12-28)22(20(25)11-17)35-14-21(26)27)16-4-6-19(7-5-16)34-13-18-8-9-29-23(30-18)31-36(3,32)33/h4-11,21H,13-14H2,1-3H3,(H,29,30,31). The van der Waals surface area contributed by atoms with Crippen molar-refractivity contribution in [2.45, 2.75) is 30.7 Å². The lowest BCUT2D eigenvalue weighted by Gasteiger charge is -2.27. The van der Waals surface area contributed by atoms with Gasteiger partial charge in [-0.1, -0.05) is 37.6 Å². The summed E-state index contributed by atoms with van der Waals surface area (Å²) in [7, 11) is -3.48. The van der Waals surface area contributed by atoms with Gasteiger partial charge in [-0.05, 0) is 41.5 Å². The number of hydrogen-bond donors (Lipinski definition) is 1. The fraction of sp³-hybridized carbons (Fsp3) is 0.292. The predicted molar refractivity (Wildman–Crippen MR) is 141 cm³/mol. The highest BCUT2D eigenvalue weighted by atomic mass is 35.5. The molecule has 0 radical (unpaired) electrons. The normalized spacial score (nSPS) is 11.7. The van der Waals surface area contributed by atoms with Gasteiger partial charge in [0.15, 0.2) is 5.75 Å². The highest BCUT2D eigenvalue weighted by molar-refractivity contribution is 7.91. The molecule has 1 aromatic heterocycles. The third-order valence-corrected chi connectivity index (χ3v) is 6.28. The van der Waals surface area contributed by atoms with E-state index in [1.54, 1.807) is 18.2 Å². The van der Waals surface area contributed by atoms with E-state index in [4.69, 9.17) is 44.3 Å². The van der Waals surface area contributed by atoms with Crippen molar-refractivity contribution in [3.8, 4) is 17.6 Å². The number of rotatable bonds is 10. The van der Waals surface area contributed by atoms with Gasteiger partial charge >= 0.3 is 0 Å². The molecule has 3 rings (SSSR count). The molecule has 0 aliphatic carbocycles. The van der Waals surface area contributed by atoms with E-state index in [0.717, 1.165) is 17.4 Å². The van der Waals surface area contributed by atoms with E-state index in [-0.39, 0.29) is 30.5 Å². The van der Waals surface area contributed by atoms with Crippen LogP contribution in [-0.4, -0.2) is 36.1 Å². The summed E-state index contributed by atoms with van der Waals surface area (Å²) in [5.41, 5.74) is 2.09. The number of sulfonamides is 1. The van der Waals surface area contributed by atoms with Crippen LogP contribution in [0.5, 0.6) is 11.5 Å². The molecule has 36 heavy (non-hydrogen) atoms. The van der Waals surface area contributed by atoms with Gasteiger partial charge in [0.05, 0.1) is 22.5 Å². The van der Waals surface area contributed by atoms with Crippen LogP contribution in [-0.2, 0) is 22.0 Å². The Bertz CT molecular complexity index is 1380. The molecule has 3 aromatic rings. The van der Waals surface area contributed by atoms with Crippen molar-refractivity contribution < 1.29 is 17.9 Å². The number of anilines is 1. The zero-order chi connectivity index (χ0) is 26.5. The highest BCUT2D eigenvalue weighted by Crippen LogP contribution is 2.38. The fourth-order valence-corrected chi connectivity index (χ4v) is 4.14. The molecule has 0 unspecified atom stereocenters. The first-order valence-corrected chi connectivity index (χ1v) is 13.7. The lowest BCUT2D eigenvalue weighted by Crippen LogP contribution is -2.19. The minimum Gasteiger partial charge on any atom is -0.488 e. The van der Waals surface area contributed by atoms with Crippen LogP contribution in [0, 0.1) is 11.3 Å². The van der Waals surface area contributed by atoms with E-state index in [1.165, 1.54) is 6.20 Å². The molecule has 0 fully saturated rings. The van der Waals surface area contributed by atoms with Gasteiger partial charge in [0.1, 0.15) is 29.9 Å². The molecule has 2 aromatic carbocycles. The number of nitrogens with one attached hydrogen (secondary N) is 1. The molecule has 0 atom stereocenters. The zero-order valence-corrected chi connectivity index (χ0v) is 22.7. The molecule has 190 valence electrons. The minimum absolute atomic E-state index is 0.00621. The number of nitrogens with zero attached hydrogens (tertiary/aromatic N) is 3. The first-order valence-electron chi connectivity index (χ1n) is 10.6. The van der Waals surface area contributed by atoms with Crippen LogP contribution >= 0.6 is 34.8 Å². The second-order valence-corrected chi connectivity index (χ2v) is 11.8. The second-order valence-electron chi connectivity index (χ2n) is 8.33. The Kier molecular flexibility index (Phi) is 8.90. The van der Waals surface area contributed by atoms with E-state index in [9.17, 15) is 13.7 Å². The maximum Gasteiger partial charge on any atom is 0.236 e. The summed E-state index contributed by atoms with van der Waals surface area (Å²) in [4.78, 5) is 7.27.